The Morgan fingerprint density at radius 3 is 2.52 bits per heavy atom. The highest BCUT2D eigenvalue weighted by Gasteiger charge is 2.56. The number of nitrogens with zero attached hydrogens (tertiary/aromatic N) is 3. The van der Waals surface area contributed by atoms with Gasteiger partial charge in [0, 0.05) is 38.3 Å². The van der Waals surface area contributed by atoms with Gasteiger partial charge in [-0.2, -0.15) is 18.2 Å². The normalized spacial score (nSPS) is 29.3. The molecule has 3 fully saturated rings. The first-order valence-corrected chi connectivity index (χ1v) is 8.73. The average molecular weight is 393 g/mol. The topological polar surface area (TPSA) is 97.9 Å². The van der Waals surface area contributed by atoms with Crippen LogP contribution in [0.1, 0.15) is 24.6 Å². The largest absolute Gasteiger partial charge is 0.490 e. The third kappa shape index (κ3) is 4.25. The number of fused-ring (bicyclic) bond motifs is 1. The Balaban J connectivity index is 0.000000260. The molecule has 0 bridgehead atoms. The van der Waals surface area contributed by atoms with Crippen LogP contribution in [0.3, 0.4) is 0 Å². The lowest BCUT2D eigenvalue weighted by Gasteiger charge is -2.32. The van der Waals surface area contributed by atoms with Crippen LogP contribution in [0, 0.1) is 12.8 Å². The molecule has 8 nitrogen and oxygen atoms in total. The van der Waals surface area contributed by atoms with Gasteiger partial charge in [0.2, 0.25) is 5.89 Å². The summed E-state index contributed by atoms with van der Waals surface area (Å²) >= 11 is 0. The number of rotatable bonds is 2. The van der Waals surface area contributed by atoms with Crippen molar-refractivity contribution < 1.29 is 37.1 Å². The standard InChI is InChI=1S/C14H21N3O3.C2HF3O2/c1-10-15-13(20-16-10)14-8-17(6-11(14)7-19-9-14)12-2-4-18-5-3-12;3-2(4,5)1(6)7/h11-12H,2-9H2,1H3;(H,6,7)/t11-,14-;/m1./s1. The van der Waals surface area contributed by atoms with Gasteiger partial charge in [0.1, 0.15) is 0 Å². The number of carbonyl (C=O) groups is 1. The lowest BCUT2D eigenvalue weighted by Crippen LogP contribution is -2.41. The van der Waals surface area contributed by atoms with Crippen LogP contribution in [0.2, 0.25) is 0 Å². The van der Waals surface area contributed by atoms with E-state index in [1.807, 2.05) is 6.92 Å². The molecule has 4 rings (SSSR count). The monoisotopic (exact) mass is 393 g/mol. The third-order valence-electron chi connectivity index (χ3n) is 5.30. The molecule has 1 aromatic heterocycles. The molecule has 1 aromatic rings. The molecule has 0 aromatic carbocycles. The Hall–Kier alpha value is -1.72. The van der Waals surface area contributed by atoms with Crippen molar-refractivity contribution in [3.8, 4) is 0 Å². The van der Waals surface area contributed by atoms with Crippen molar-refractivity contribution >= 4 is 5.97 Å². The van der Waals surface area contributed by atoms with Crippen LogP contribution in [0.4, 0.5) is 13.2 Å². The summed E-state index contributed by atoms with van der Waals surface area (Å²) in [5, 5.41) is 11.1. The highest BCUT2D eigenvalue weighted by atomic mass is 19.4. The van der Waals surface area contributed by atoms with Gasteiger partial charge in [0.25, 0.3) is 0 Å². The summed E-state index contributed by atoms with van der Waals surface area (Å²) in [5.74, 6) is -0.797. The zero-order valence-corrected chi connectivity index (χ0v) is 14.9. The molecule has 11 heteroatoms. The molecule has 2 atom stereocenters. The number of aromatic nitrogens is 2. The first-order chi connectivity index (χ1) is 12.7. The molecule has 1 N–H and O–H groups in total. The van der Waals surface area contributed by atoms with E-state index in [1.165, 1.54) is 0 Å². The fourth-order valence-corrected chi connectivity index (χ4v) is 3.90. The maximum atomic E-state index is 10.6. The van der Waals surface area contributed by atoms with Gasteiger partial charge in [-0.25, -0.2) is 4.79 Å². The molecule has 3 aliphatic heterocycles. The number of aryl methyl sites for hydroxylation is 1. The molecule has 0 saturated carbocycles. The van der Waals surface area contributed by atoms with E-state index in [9.17, 15) is 13.2 Å². The minimum atomic E-state index is -5.08. The van der Waals surface area contributed by atoms with Gasteiger partial charge in [0.05, 0.1) is 18.6 Å². The molecule has 152 valence electrons. The summed E-state index contributed by atoms with van der Waals surface area (Å²) in [6.45, 7) is 7.21. The number of carboxylic acid groups (broad SMARTS) is 1. The zero-order chi connectivity index (χ0) is 19.7. The molecule has 4 heterocycles. The van der Waals surface area contributed by atoms with Gasteiger partial charge in [-0.1, -0.05) is 5.16 Å². The second kappa shape index (κ2) is 7.72. The maximum absolute atomic E-state index is 10.6. The fraction of sp³-hybridized carbons (Fsp3) is 0.812. The highest BCUT2D eigenvalue weighted by Crippen LogP contribution is 2.44. The molecule has 0 unspecified atom stereocenters. The number of aliphatic carboxylic acids is 1. The molecule has 0 amide bonds. The van der Waals surface area contributed by atoms with Gasteiger partial charge in [-0.3, -0.25) is 4.90 Å². The minimum Gasteiger partial charge on any atom is -0.475 e. The van der Waals surface area contributed by atoms with Crippen LogP contribution in [0.25, 0.3) is 0 Å². The molecular formula is C16H22F3N3O5. The van der Waals surface area contributed by atoms with Gasteiger partial charge >= 0.3 is 12.1 Å². The van der Waals surface area contributed by atoms with Crippen LogP contribution >= 0.6 is 0 Å². The second-order valence-electron chi connectivity index (χ2n) is 7.09. The lowest BCUT2D eigenvalue weighted by atomic mass is 9.81. The number of ether oxygens (including phenoxy) is 2. The van der Waals surface area contributed by atoms with Crippen molar-refractivity contribution in [3.05, 3.63) is 11.7 Å². The van der Waals surface area contributed by atoms with Crippen LogP contribution in [-0.4, -0.2) is 77.9 Å². The summed E-state index contributed by atoms with van der Waals surface area (Å²) in [6.07, 6.45) is -2.82. The van der Waals surface area contributed by atoms with Crippen LogP contribution < -0.4 is 0 Å². The van der Waals surface area contributed by atoms with Crippen LogP contribution in [0.5, 0.6) is 0 Å². The summed E-state index contributed by atoms with van der Waals surface area (Å²) in [6, 6.07) is 0.634. The number of halogens is 3. The first-order valence-electron chi connectivity index (χ1n) is 8.73. The van der Waals surface area contributed by atoms with E-state index in [2.05, 4.69) is 15.0 Å². The molecule has 3 saturated heterocycles. The predicted molar refractivity (Wildman–Crippen MR) is 84.1 cm³/mol. The summed E-state index contributed by atoms with van der Waals surface area (Å²) in [7, 11) is 0. The Morgan fingerprint density at radius 2 is 1.96 bits per heavy atom. The van der Waals surface area contributed by atoms with Crippen molar-refractivity contribution in [2.75, 3.05) is 39.5 Å². The quantitative estimate of drug-likeness (QED) is 0.805. The summed E-state index contributed by atoms with van der Waals surface area (Å²) in [5.41, 5.74) is -0.0838. The van der Waals surface area contributed by atoms with E-state index in [0.717, 1.165) is 51.6 Å². The number of alkyl halides is 3. The zero-order valence-electron chi connectivity index (χ0n) is 14.9. The van der Waals surface area contributed by atoms with E-state index >= 15 is 0 Å². The van der Waals surface area contributed by atoms with Gasteiger partial charge in [0.15, 0.2) is 5.82 Å². The maximum Gasteiger partial charge on any atom is 0.490 e. The van der Waals surface area contributed by atoms with Gasteiger partial charge in [-0.05, 0) is 19.8 Å². The van der Waals surface area contributed by atoms with Gasteiger partial charge in [-0.15, -0.1) is 0 Å². The SMILES string of the molecule is Cc1noc([C@]23COC[C@H]2CN(C2CCOCC2)C3)n1.O=C(O)C(F)(F)F. The van der Waals surface area contributed by atoms with Crippen molar-refractivity contribution in [1.29, 1.82) is 0 Å². The number of hydrogen-bond donors (Lipinski definition) is 1. The molecular weight excluding hydrogens is 371 g/mol. The van der Waals surface area contributed by atoms with Crippen molar-refractivity contribution in [2.45, 2.75) is 37.4 Å². The first kappa shape index (κ1) is 20.0. The molecule has 3 aliphatic rings. The van der Waals surface area contributed by atoms with Gasteiger partial charge < -0.3 is 19.1 Å². The molecule has 0 radical (unpaired) electrons. The van der Waals surface area contributed by atoms with E-state index in [4.69, 9.17) is 23.9 Å². The Bertz CT molecular complexity index is 662. The highest BCUT2D eigenvalue weighted by molar-refractivity contribution is 5.73. The number of hydrogen-bond acceptors (Lipinski definition) is 7. The van der Waals surface area contributed by atoms with E-state index in [-0.39, 0.29) is 5.41 Å². The molecule has 27 heavy (non-hydrogen) atoms. The Labute approximate surface area is 153 Å². The van der Waals surface area contributed by atoms with E-state index in [1.54, 1.807) is 0 Å². The average Bonchev–Trinajstić information content (AvgIpc) is 3.29. The summed E-state index contributed by atoms with van der Waals surface area (Å²) in [4.78, 5) is 16.0. The van der Waals surface area contributed by atoms with E-state index in [0.29, 0.717) is 24.4 Å². The smallest absolute Gasteiger partial charge is 0.475 e. The third-order valence-corrected chi connectivity index (χ3v) is 5.30. The van der Waals surface area contributed by atoms with Crippen molar-refractivity contribution in [2.24, 2.45) is 5.92 Å². The minimum absolute atomic E-state index is 0.0838. The van der Waals surface area contributed by atoms with Crippen LogP contribution in [-0.2, 0) is 19.7 Å². The van der Waals surface area contributed by atoms with Crippen molar-refractivity contribution in [3.63, 3.8) is 0 Å². The fourth-order valence-electron chi connectivity index (χ4n) is 3.90. The Kier molecular flexibility index (Phi) is 5.73. The number of likely N-dealkylation sites (tertiary alicyclic amines) is 1. The summed E-state index contributed by atoms with van der Waals surface area (Å²) < 4.78 is 48.4. The lowest BCUT2D eigenvalue weighted by molar-refractivity contribution is -0.192. The second-order valence-corrected chi connectivity index (χ2v) is 7.09. The molecule has 0 spiro atoms. The van der Waals surface area contributed by atoms with Crippen LogP contribution in [0.15, 0.2) is 4.52 Å². The Morgan fingerprint density at radius 1 is 1.30 bits per heavy atom. The van der Waals surface area contributed by atoms with Crippen molar-refractivity contribution in [1.82, 2.24) is 15.0 Å². The molecule has 0 aliphatic carbocycles. The van der Waals surface area contributed by atoms with E-state index < -0.39 is 12.1 Å². The number of carboxylic acids is 1. The predicted octanol–water partition coefficient (Wildman–Crippen LogP) is 1.39.